The molecule has 0 saturated carbocycles. The normalized spacial score (nSPS) is 11.0. The molecule has 0 saturated heterocycles. The second kappa shape index (κ2) is 7.40. The Balaban J connectivity index is 1.50. The van der Waals surface area contributed by atoms with Crippen LogP contribution >= 0.6 is 11.6 Å². The molecule has 0 unspecified atom stereocenters. The maximum atomic E-state index is 12.5. The van der Waals surface area contributed by atoms with Crippen LogP contribution in [0.2, 0.25) is 5.02 Å². The van der Waals surface area contributed by atoms with Gasteiger partial charge in [-0.3, -0.25) is 14.9 Å². The van der Waals surface area contributed by atoms with Crippen LogP contribution in [0.3, 0.4) is 0 Å². The van der Waals surface area contributed by atoms with E-state index in [0.29, 0.717) is 17.1 Å². The van der Waals surface area contributed by atoms with Crippen molar-refractivity contribution in [1.29, 1.82) is 0 Å². The van der Waals surface area contributed by atoms with Crippen molar-refractivity contribution in [3.63, 3.8) is 0 Å². The van der Waals surface area contributed by atoms with E-state index >= 15 is 0 Å². The summed E-state index contributed by atoms with van der Waals surface area (Å²) in [7, 11) is 1.89. The summed E-state index contributed by atoms with van der Waals surface area (Å²) in [6, 6.07) is 14.9. The Morgan fingerprint density at radius 2 is 2.03 bits per heavy atom. The number of amides is 1. The highest BCUT2D eigenvalue weighted by molar-refractivity contribution is 6.33. The number of halogens is 1. The van der Waals surface area contributed by atoms with Gasteiger partial charge in [-0.1, -0.05) is 23.7 Å². The van der Waals surface area contributed by atoms with Crippen LogP contribution in [-0.4, -0.2) is 20.4 Å². The number of carbonyl (C=O) groups is 1. The number of para-hydroxylation sites is 2. The number of hydrogen-bond donors (Lipinski definition) is 1. The number of imidazole rings is 1. The van der Waals surface area contributed by atoms with Crippen molar-refractivity contribution >= 4 is 34.2 Å². The smallest absolute Gasteiger partial charge is 0.287 e. The van der Waals surface area contributed by atoms with Gasteiger partial charge in [-0.2, -0.15) is 0 Å². The van der Waals surface area contributed by atoms with Crippen molar-refractivity contribution in [2.45, 2.75) is 6.54 Å². The van der Waals surface area contributed by atoms with Gasteiger partial charge in [0.2, 0.25) is 0 Å². The predicted octanol–water partition coefficient (Wildman–Crippen LogP) is 4.32. The third kappa shape index (κ3) is 3.57. The largest absolute Gasteiger partial charge is 0.451 e. The number of nitrogens with zero attached hydrogens (tertiary/aromatic N) is 3. The molecule has 4 aromatic rings. The first-order valence-electron chi connectivity index (χ1n) is 8.66. The summed E-state index contributed by atoms with van der Waals surface area (Å²) in [4.78, 5) is 27.3. The van der Waals surface area contributed by atoms with Gasteiger partial charge in [0.25, 0.3) is 11.6 Å². The average molecular weight is 411 g/mol. The minimum atomic E-state index is -0.530. The molecule has 1 N–H and O–H groups in total. The quantitative estimate of drug-likeness (QED) is 0.389. The number of furan rings is 1. The fraction of sp³-hybridized carbons (Fsp3) is 0.100. The molecule has 1 amide bonds. The maximum Gasteiger partial charge on any atom is 0.287 e. The van der Waals surface area contributed by atoms with E-state index < -0.39 is 10.8 Å². The lowest BCUT2D eigenvalue weighted by molar-refractivity contribution is -0.384. The molecule has 2 aromatic heterocycles. The van der Waals surface area contributed by atoms with Crippen molar-refractivity contribution in [2.24, 2.45) is 7.05 Å². The monoisotopic (exact) mass is 410 g/mol. The SMILES string of the molecule is Cn1c(CNC(=O)c2ccc(-c3ccc([N+](=O)[O-])cc3Cl)o2)nc2ccccc21. The highest BCUT2D eigenvalue weighted by Gasteiger charge is 2.17. The van der Waals surface area contributed by atoms with Crippen LogP contribution in [0.1, 0.15) is 16.4 Å². The molecule has 2 aromatic carbocycles. The molecule has 9 heteroatoms. The van der Waals surface area contributed by atoms with Gasteiger partial charge < -0.3 is 14.3 Å². The topological polar surface area (TPSA) is 103 Å². The summed E-state index contributed by atoms with van der Waals surface area (Å²) >= 11 is 6.12. The minimum absolute atomic E-state index is 0.105. The van der Waals surface area contributed by atoms with Gasteiger partial charge in [0.1, 0.15) is 11.6 Å². The van der Waals surface area contributed by atoms with E-state index in [2.05, 4.69) is 10.3 Å². The molecule has 0 fully saturated rings. The Hall–Kier alpha value is -3.65. The van der Waals surface area contributed by atoms with E-state index in [1.807, 2.05) is 35.9 Å². The number of aromatic nitrogens is 2. The maximum absolute atomic E-state index is 12.5. The third-order valence-corrected chi connectivity index (χ3v) is 4.86. The van der Waals surface area contributed by atoms with Gasteiger partial charge in [-0.15, -0.1) is 0 Å². The molecule has 0 aliphatic heterocycles. The van der Waals surface area contributed by atoms with Crippen LogP contribution in [0, 0.1) is 10.1 Å². The van der Waals surface area contributed by atoms with Gasteiger partial charge in [0.15, 0.2) is 5.76 Å². The second-order valence-electron chi connectivity index (χ2n) is 6.34. The molecule has 29 heavy (non-hydrogen) atoms. The highest BCUT2D eigenvalue weighted by Crippen LogP contribution is 2.32. The molecule has 0 aliphatic rings. The van der Waals surface area contributed by atoms with Crippen LogP contribution in [-0.2, 0) is 13.6 Å². The van der Waals surface area contributed by atoms with E-state index in [-0.39, 0.29) is 23.0 Å². The minimum Gasteiger partial charge on any atom is -0.451 e. The van der Waals surface area contributed by atoms with E-state index in [4.69, 9.17) is 16.0 Å². The molecule has 0 atom stereocenters. The zero-order valence-electron chi connectivity index (χ0n) is 15.3. The summed E-state index contributed by atoms with van der Waals surface area (Å²) in [6.45, 7) is 0.234. The number of rotatable bonds is 5. The van der Waals surface area contributed by atoms with Crippen molar-refractivity contribution < 1.29 is 14.1 Å². The Kier molecular flexibility index (Phi) is 4.77. The predicted molar refractivity (Wildman–Crippen MR) is 108 cm³/mol. The Labute approximate surface area is 169 Å². The van der Waals surface area contributed by atoms with Crippen molar-refractivity contribution in [3.8, 4) is 11.3 Å². The number of carbonyl (C=O) groups excluding carboxylic acids is 1. The van der Waals surface area contributed by atoms with Crippen LogP contribution in [0.15, 0.2) is 59.0 Å². The second-order valence-corrected chi connectivity index (χ2v) is 6.75. The van der Waals surface area contributed by atoms with Crippen LogP contribution < -0.4 is 5.32 Å². The van der Waals surface area contributed by atoms with Gasteiger partial charge in [0, 0.05) is 24.7 Å². The van der Waals surface area contributed by atoms with E-state index in [0.717, 1.165) is 11.0 Å². The molecule has 8 nitrogen and oxygen atoms in total. The zero-order chi connectivity index (χ0) is 20.5. The Morgan fingerprint density at radius 3 is 2.76 bits per heavy atom. The molecular formula is C20H15ClN4O4. The first kappa shape index (κ1) is 18.7. The van der Waals surface area contributed by atoms with E-state index in [1.54, 1.807) is 6.07 Å². The van der Waals surface area contributed by atoms with Crippen LogP contribution in [0.25, 0.3) is 22.4 Å². The van der Waals surface area contributed by atoms with Gasteiger partial charge >= 0.3 is 0 Å². The fourth-order valence-electron chi connectivity index (χ4n) is 3.02. The number of benzene rings is 2. The molecule has 0 bridgehead atoms. The van der Waals surface area contributed by atoms with Gasteiger partial charge in [0.05, 0.1) is 27.5 Å². The molecule has 0 aliphatic carbocycles. The molecule has 146 valence electrons. The van der Waals surface area contributed by atoms with Crippen LogP contribution in [0.4, 0.5) is 5.69 Å². The number of nitro groups is 1. The van der Waals surface area contributed by atoms with E-state index in [1.165, 1.54) is 24.3 Å². The summed E-state index contributed by atoms with van der Waals surface area (Å²) < 4.78 is 7.51. The summed E-state index contributed by atoms with van der Waals surface area (Å²) in [5.41, 5.74) is 2.18. The lowest BCUT2D eigenvalue weighted by Gasteiger charge is -2.04. The Bertz CT molecular complexity index is 1240. The summed E-state index contributed by atoms with van der Waals surface area (Å²) in [5.74, 6) is 0.761. The summed E-state index contributed by atoms with van der Waals surface area (Å²) in [5, 5.41) is 13.8. The Morgan fingerprint density at radius 1 is 1.24 bits per heavy atom. The lowest BCUT2D eigenvalue weighted by Crippen LogP contribution is -2.23. The van der Waals surface area contributed by atoms with Crippen molar-refractivity contribution in [3.05, 3.63) is 81.3 Å². The van der Waals surface area contributed by atoms with Gasteiger partial charge in [-0.05, 0) is 30.3 Å². The summed E-state index contributed by atoms with van der Waals surface area (Å²) in [6.07, 6.45) is 0. The fourth-order valence-corrected chi connectivity index (χ4v) is 3.29. The standard InChI is InChI=1S/C20H15ClN4O4/c1-24-16-5-3-2-4-15(16)23-19(24)11-22-20(26)18-9-8-17(29-18)13-7-6-12(25(27)28)10-14(13)21/h2-10H,11H2,1H3,(H,22,26). The lowest BCUT2D eigenvalue weighted by atomic mass is 10.1. The molecule has 2 heterocycles. The first-order valence-corrected chi connectivity index (χ1v) is 9.04. The number of nitrogens with one attached hydrogen (secondary N) is 1. The third-order valence-electron chi connectivity index (χ3n) is 4.55. The first-order chi connectivity index (χ1) is 13.9. The molecular weight excluding hydrogens is 396 g/mol. The van der Waals surface area contributed by atoms with E-state index in [9.17, 15) is 14.9 Å². The highest BCUT2D eigenvalue weighted by atomic mass is 35.5. The number of nitro benzene ring substituents is 1. The molecule has 0 spiro atoms. The van der Waals surface area contributed by atoms with Crippen LogP contribution in [0.5, 0.6) is 0 Å². The molecule has 4 rings (SSSR count). The zero-order valence-corrected chi connectivity index (χ0v) is 16.0. The van der Waals surface area contributed by atoms with Gasteiger partial charge in [-0.25, -0.2) is 4.98 Å². The number of fused-ring (bicyclic) bond motifs is 1. The van der Waals surface area contributed by atoms with Crippen molar-refractivity contribution in [2.75, 3.05) is 0 Å². The number of aryl methyl sites for hydroxylation is 1. The molecule has 0 radical (unpaired) electrons. The number of non-ortho nitro benzene ring substituents is 1. The average Bonchev–Trinajstić information content (AvgIpc) is 3.31. The van der Waals surface area contributed by atoms with Crippen molar-refractivity contribution in [1.82, 2.24) is 14.9 Å². The number of hydrogen-bond acceptors (Lipinski definition) is 5.